The van der Waals surface area contributed by atoms with Crippen molar-refractivity contribution in [3.8, 4) is 17.3 Å². The number of nitrogens with two attached hydrogens (primary N) is 1. The zero-order valence-corrected chi connectivity index (χ0v) is 24.1. The number of carbonyl (C=O) groups excluding carboxylic acids is 1. The predicted octanol–water partition coefficient (Wildman–Crippen LogP) is 3.28. The number of furan rings is 1. The summed E-state index contributed by atoms with van der Waals surface area (Å²) < 4.78 is 19.3. The van der Waals surface area contributed by atoms with Crippen LogP contribution in [0.5, 0.6) is 5.75 Å². The van der Waals surface area contributed by atoms with Crippen LogP contribution in [0, 0.1) is 0 Å². The molecule has 0 unspecified atom stereocenters. The van der Waals surface area contributed by atoms with E-state index in [4.69, 9.17) is 19.6 Å². The van der Waals surface area contributed by atoms with Gasteiger partial charge < -0.3 is 29.4 Å². The van der Waals surface area contributed by atoms with Crippen molar-refractivity contribution in [1.29, 1.82) is 0 Å². The van der Waals surface area contributed by atoms with Crippen molar-refractivity contribution < 1.29 is 18.7 Å². The van der Waals surface area contributed by atoms with E-state index in [9.17, 15) is 4.79 Å². The van der Waals surface area contributed by atoms with Gasteiger partial charge in [0.1, 0.15) is 12.4 Å². The Balaban J connectivity index is 1.16. The molecule has 0 spiro atoms. The SMILES string of the molecule is COCCOc1ccc(N2CCN(C(=O)[C@H](c3ccccc3)n3ncc4c3nc(N)n3nc(-c5ccco5)nc43)CC2)cc1. The van der Waals surface area contributed by atoms with Crippen molar-refractivity contribution in [3.63, 3.8) is 0 Å². The third kappa shape index (κ3) is 5.07. The first kappa shape index (κ1) is 27.4. The highest BCUT2D eigenvalue weighted by Gasteiger charge is 2.33. The maximum atomic E-state index is 14.3. The Morgan fingerprint density at radius 3 is 2.48 bits per heavy atom. The van der Waals surface area contributed by atoms with Crippen molar-refractivity contribution >= 4 is 34.2 Å². The molecule has 2 N–H and O–H groups in total. The second kappa shape index (κ2) is 11.7. The number of anilines is 2. The lowest BCUT2D eigenvalue weighted by Crippen LogP contribution is -2.51. The molecule has 0 radical (unpaired) electrons. The van der Waals surface area contributed by atoms with Crippen molar-refractivity contribution in [1.82, 2.24) is 34.3 Å². The molecule has 1 aliphatic heterocycles. The van der Waals surface area contributed by atoms with E-state index in [1.165, 1.54) is 4.52 Å². The average molecular weight is 594 g/mol. The lowest BCUT2D eigenvalue weighted by Gasteiger charge is -2.37. The third-order valence-electron chi connectivity index (χ3n) is 7.74. The molecule has 6 aromatic rings. The van der Waals surface area contributed by atoms with Crippen LogP contribution in [-0.4, -0.2) is 86.7 Å². The van der Waals surface area contributed by atoms with Crippen LogP contribution in [-0.2, 0) is 9.53 Å². The van der Waals surface area contributed by atoms with E-state index < -0.39 is 6.04 Å². The molecule has 1 aliphatic rings. The molecular formula is C31H31N9O4. The number of hydrogen-bond acceptors (Lipinski definition) is 10. The normalized spacial score (nSPS) is 14.4. The minimum atomic E-state index is -0.745. The molecule has 1 fully saturated rings. The van der Waals surface area contributed by atoms with Crippen molar-refractivity contribution in [3.05, 3.63) is 84.8 Å². The summed E-state index contributed by atoms with van der Waals surface area (Å²) in [4.78, 5) is 27.7. The first-order chi connectivity index (χ1) is 21.6. The maximum Gasteiger partial charge on any atom is 0.252 e. The lowest BCUT2D eigenvalue weighted by atomic mass is 10.0. The number of amides is 1. The molecule has 1 amide bonds. The maximum absolute atomic E-state index is 14.3. The summed E-state index contributed by atoms with van der Waals surface area (Å²) in [6, 6.07) is 20.4. The Labute approximate surface area is 252 Å². The van der Waals surface area contributed by atoms with Crippen molar-refractivity contribution in [2.75, 3.05) is 57.1 Å². The van der Waals surface area contributed by atoms with Crippen LogP contribution in [0.1, 0.15) is 11.6 Å². The van der Waals surface area contributed by atoms with Crippen LogP contribution in [0.2, 0.25) is 0 Å². The minimum absolute atomic E-state index is 0.0688. The predicted molar refractivity (Wildman–Crippen MR) is 163 cm³/mol. The molecular weight excluding hydrogens is 562 g/mol. The summed E-state index contributed by atoms with van der Waals surface area (Å²) in [5, 5.41) is 9.76. The Morgan fingerprint density at radius 2 is 1.75 bits per heavy atom. The lowest BCUT2D eigenvalue weighted by molar-refractivity contribution is -0.134. The molecule has 1 atom stereocenters. The number of methoxy groups -OCH3 is 1. The molecule has 44 heavy (non-hydrogen) atoms. The standard InChI is InChI=1S/C31H31N9O4/c1-42-18-19-43-23-11-9-22(10-12-23)37-13-15-38(16-14-37)30(41)26(21-6-3-2-4-7-21)39-29-24(20-33-39)28-34-27(25-8-5-17-44-25)36-40(28)31(32)35-29/h2-12,17,20,26H,13-16,18-19H2,1H3,(H2,32,35)/t26-/m0/s1. The number of piperazine rings is 1. The number of nitrogen functional groups attached to an aromatic ring is 1. The monoisotopic (exact) mass is 593 g/mol. The molecule has 0 aliphatic carbocycles. The highest BCUT2D eigenvalue weighted by molar-refractivity contribution is 5.92. The van der Waals surface area contributed by atoms with Gasteiger partial charge in [0.2, 0.25) is 11.8 Å². The van der Waals surface area contributed by atoms with Gasteiger partial charge >= 0.3 is 0 Å². The van der Waals surface area contributed by atoms with E-state index in [-0.39, 0.29) is 11.9 Å². The van der Waals surface area contributed by atoms with Gasteiger partial charge in [0.25, 0.3) is 5.91 Å². The first-order valence-corrected chi connectivity index (χ1v) is 14.3. The number of fused-ring (bicyclic) bond motifs is 3. The molecule has 13 heteroatoms. The molecule has 5 heterocycles. The van der Waals surface area contributed by atoms with Gasteiger partial charge in [-0.15, -0.1) is 5.10 Å². The molecule has 1 saturated heterocycles. The Bertz CT molecular complexity index is 1880. The van der Waals surface area contributed by atoms with Crippen molar-refractivity contribution in [2.45, 2.75) is 6.04 Å². The molecule has 0 saturated carbocycles. The fourth-order valence-electron chi connectivity index (χ4n) is 5.50. The van der Waals surface area contributed by atoms with Gasteiger partial charge in [-0.3, -0.25) is 4.79 Å². The summed E-state index contributed by atoms with van der Waals surface area (Å²) >= 11 is 0. The first-order valence-electron chi connectivity index (χ1n) is 14.3. The highest BCUT2D eigenvalue weighted by atomic mass is 16.5. The van der Waals surface area contributed by atoms with E-state index in [0.29, 0.717) is 67.7 Å². The van der Waals surface area contributed by atoms with Gasteiger partial charge in [0, 0.05) is 39.0 Å². The molecule has 4 aromatic heterocycles. The smallest absolute Gasteiger partial charge is 0.252 e. The number of benzene rings is 2. The van der Waals surface area contributed by atoms with Crippen LogP contribution in [0.15, 0.2) is 83.6 Å². The molecule has 7 rings (SSSR count). The molecule has 0 bridgehead atoms. The Morgan fingerprint density at radius 1 is 0.955 bits per heavy atom. The molecule has 13 nitrogen and oxygen atoms in total. The quantitative estimate of drug-likeness (QED) is 0.248. The summed E-state index contributed by atoms with van der Waals surface area (Å²) in [7, 11) is 1.65. The Hall–Kier alpha value is -5.43. The molecule has 2 aromatic carbocycles. The Kier molecular flexibility index (Phi) is 7.28. The van der Waals surface area contributed by atoms with Crippen LogP contribution in [0.4, 0.5) is 11.6 Å². The van der Waals surface area contributed by atoms with Gasteiger partial charge in [-0.05, 0) is 42.0 Å². The van der Waals surface area contributed by atoms with Gasteiger partial charge in [-0.25, -0.2) is 9.67 Å². The van der Waals surface area contributed by atoms with Crippen LogP contribution in [0.3, 0.4) is 0 Å². The van der Waals surface area contributed by atoms with Gasteiger partial charge in [-0.1, -0.05) is 30.3 Å². The zero-order chi connectivity index (χ0) is 30.0. The number of ether oxygens (including phenoxy) is 2. The number of hydrogen-bond donors (Lipinski definition) is 1. The molecule has 224 valence electrons. The van der Waals surface area contributed by atoms with Crippen LogP contribution >= 0.6 is 0 Å². The summed E-state index contributed by atoms with van der Waals surface area (Å²) in [6.45, 7) is 3.55. The number of aromatic nitrogens is 6. The van der Waals surface area contributed by atoms with E-state index >= 15 is 0 Å². The van der Waals surface area contributed by atoms with Gasteiger partial charge in [0.05, 0.1) is 24.5 Å². The average Bonchev–Trinajstić information content (AvgIpc) is 3.83. The summed E-state index contributed by atoms with van der Waals surface area (Å²) in [5.41, 5.74) is 9.16. The second-order valence-electron chi connectivity index (χ2n) is 10.4. The fourth-order valence-corrected chi connectivity index (χ4v) is 5.50. The van der Waals surface area contributed by atoms with Crippen LogP contribution in [0.25, 0.3) is 28.3 Å². The summed E-state index contributed by atoms with van der Waals surface area (Å²) in [6.07, 6.45) is 3.21. The van der Waals surface area contributed by atoms with E-state index in [2.05, 4.69) is 25.1 Å². The van der Waals surface area contributed by atoms with Gasteiger partial charge in [-0.2, -0.15) is 14.6 Å². The summed E-state index contributed by atoms with van der Waals surface area (Å²) in [5.74, 6) is 1.75. The van der Waals surface area contributed by atoms with Crippen LogP contribution < -0.4 is 15.4 Å². The van der Waals surface area contributed by atoms with E-state index in [1.54, 1.807) is 36.4 Å². The van der Waals surface area contributed by atoms with E-state index in [1.807, 2.05) is 59.5 Å². The minimum Gasteiger partial charge on any atom is -0.491 e. The van der Waals surface area contributed by atoms with Gasteiger partial charge in [0.15, 0.2) is 23.1 Å². The fraction of sp³-hybridized carbons (Fsp3) is 0.258. The highest BCUT2D eigenvalue weighted by Crippen LogP contribution is 2.29. The largest absolute Gasteiger partial charge is 0.491 e. The number of rotatable bonds is 9. The van der Waals surface area contributed by atoms with E-state index in [0.717, 1.165) is 17.0 Å². The van der Waals surface area contributed by atoms with Crippen molar-refractivity contribution in [2.24, 2.45) is 0 Å². The topological polar surface area (TPSA) is 142 Å². The number of carbonyl (C=O) groups is 1. The number of nitrogens with zero attached hydrogens (tertiary/aromatic N) is 8. The zero-order valence-electron chi connectivity index (χ0n) is 24.1. The third-order valence-corrected chi connectivity index (χ3v) is 7.74. The second-order valence-corrected chi connectivity index (χ2v) is 10.4.